The molecule has 1 aromatic heterocycles. The number of hydrogen-bond donors (Lipinski definition) is 2. The summed E-state index contributed by atoms with van der Waals surface area (Å²) in [5, 5.41) is 10.6. The monoisotopic (exact) mass is 292 g/mol. The van der Waals surface area contributed by atoms with Crippen molar-refractivity contribution in [3.05, 3.63) is 41.0 Å². The lowest BCUT2D eigenvalue weighted by molar-refractivity contribution is 0.102. The van der Waals surface area contributed by atoms with Crippen LogP contribution in [0, 0.1) is 0 Å². The van der Waals surface area contributed by atoms with Gasteiger partial charge in [-0.1, -0.05) is 18.5 Å². The van der Waals surface area contributed by atoms with Gasteiger partial charge in [0.15, 0.2) is 0 Å². The van der Waals surface area contributed by atoms with Crippen LogP contribution in [0.15, 0.2) is 30.5 Å². The molecule has 0 fully saturated rings. The fourth-order valence-electron chi connectivity index (χ4n) is 1.80. The van der Waals surface area contributed by atoms with E-state index in [-0.39, 0.29) is 5.91 Å². The van der Waals surface area contributed by atoms with Crippen molar-refractivity contribution in [3.8, 4) is 0 Å². The third kappa shape index (κ3) is 3.30. The Balaban J connectivity index is 2.23. The zero-order valence-electron chi connectivity index (χ0n) is 11.5. The Morgan fingerprint density at radius 1 is 1.40 bits per heavy atom. The zero-order chi connectivity index (χ0) is 14.5. The fourth-order valence-corrected chi connectivity index (χ4v) is 1.97. The summed E-state index contributed by atoms with van der Waals surface area (Å²) in [6.45, 7) is 2.87. The maximum absolute atomic E-state index is 12.3. The molecule has 5 nitrogen and oxygen atoms in total. The standard InChI is InChI=1S/C14H17ClN4O/c1-3-7-16-12-5-4-10(15)9-11(12)14(20)18-13-6-8-17-19(13)2/h4-6,8-9,16H,3,7H2,1-2H3,(H,18,20). The molecule has 0 unspecified atom stereocenters. The van der Waals surface area contributed by atoms with Crippen molar-refractivity contribution in [2.45, 2.75) is 13.3 Å². The average Bonchev–Trinajstić information content (AvgIpc) is 2.83. The first kappa shape index (κ1) is 14.4. The van der Waals surface area contributed by atoms with Crippen molar-refractivity contribution in [3.63, 3.8) is 0 Å². The SMILES string of the molecule is CCCNc1ccc(Cl)cc1C(=O)Nc1ccnn1C. The summed E-state index contributed by atoms with van der Waals surface area (Å²) < 4.78 is 1.60. The molecule has 1 aromatic carbocycles. The van der Waals surface area contributed by atoms with Gasteiger partial charge in [-0.25, -0.2) is 0 Å². The van der Waals surface area contributed by atoms with E-state index < -0.39 is 0 Å². The third-order valence-electron chi connectivity index (χ3n) is 2.85. The Bertz CT molecular complexity index is 609. The van der Waals surface area contributed by atoms with Crippen LogP contribution in [0.2, 0.25) is 5.02 Å². The number of aryl methyl sites for hydroxylation is 1. The summed E-state index contributed by atoms with van der Waals surface area (Å²) >= 11 is 5.98. The second-order valence-corrected chi connectivity index (χ2v) is 4.85. The van der Waals surface area contributed by atoms with Crippen LogP contribution >= 0.6 is 11.6 Å². The molecule has 0 saturated heterocycles. The predicted molar refractivity (Wildman–Crippen MR) is 81.4 cm³/mol. The highest BCUT2D eigenvalue weighted by Gasteiger charge is 2.13. The molecule has 106 valence electrons. The molecule has 0 spiro atoms. The Morgan fingerprint density at radius 3 is 2.85 bits per heavy atom. The van der Waals surface area contributed by atoms with Crippen LogP contribution in [-0.4, -0.2) is 22.2 Å². The number of anilines is 2. The number of amides is 1. The lowest BCUT2D eigenvalue weighted by Gasteiger charge is -2.12. The van der Waals surface area contributed by atoms with E-state index in [1.54, 1.807) is 36.1 Å². The van der Waals surface area contributed by atoms with Crippen molar-refractivity contribution in [2.24, 2.45) is 7.05 Å². The first-order valence-electron chi connectivity index (χ1n) is 6.44. The van der Waals surface area contributed by atoms with Gasteiger partial charge in [0.1, 0.15) is 5.82 Å². The highest BCUT2D eigenvalue weighted by atomic mass is 35.5. The highest BCUT2D eigenvalue weighted by Crippen LogP contribution is 2.22. The minimum atomic E-state index is -0.213. The van der Waals surface area contributed by atoms with Crippen LogP contribution in [0.4, 0.5) is 11.5 Å². The van der Waals surface area contributed by atoms with E-state index in [4.69, 9.17) is 11.6 Å². The van der Waals surface area contributed by atoms with E-state index in [1.807, 2.05) is 6.07 Å². The van der Waals surface area contributed by atoms with Gasteiger partial charge < -0.3 is 10.6 Å². The quantitative estimate of drug-likeness (QED) is 0.890. The molecule has 0 bridgehead atoms. The van der Waals surface area contributed by atoms with E-state index in [0.29, 0.717) is 16.4 Å². The van der Waals surface area contributed by atoms with Crippen molar-refractivity contribution in [2.75, 3.05) is 17.2 Å². The van der Waals surface area contributed by atoms with E-state index in [9.17, 15) is 4.79 Å². The molecular weight excluding hydrogens is 276 g/mol. The molecule has 2 N–H and O–H groups in total. The van der Waals surface area contributed by atoms with Gasteiger partial charge in [-0.3, -0.25) is 9.48 Å². The summed E-state index contributed by atoms with van der Waals surface area (Å²) in [6.07, 6.45) is 2.61. The number of aromatic nitrogens is 2. The van der Waals surface area contributed by atoms with Crippen LogP contribution in [-0.2, 0) is 7.05 Å². The summed E-state index contributed by atoms with van der Waals surface area (Å²) in [5.41, 5.74) is 1.29. The summed E-state index contributed by atoms with van der Waals surface area (Å²) in [5.74, 6) is 0.422. The van der Waals surface area contributed by atoms with E-state index >= 15 is 0 Å². The number of benzene rings is 1. The molecular formula is C14H17ClN4O. The number of nitrogens with zero attached hydrogens (tertiary/aromatic N) is 2. The summed E-state index contributed by atoms with van der Waals surface area (Å²) in [4.78, 5) is 12.3. The maximum Gasteiger partial charge on any atom is 0.258 e. The molecule has 6 heteroatoms. The van der Waals surface area contributed by atoms with Crippen LogP contribution in [0.1, 0.15) is 23.7 Å². The average molecular weight is 293 g/mol. The fraction of sp³-hybridized carbons (Fsp3) is 0.286. The van der Waals surface area contributed by atoms with Gasteiger partial charge in [0.05, 0.1) is 11.8 Å². The van der Waals surface area contributed by atoms with E-state index in [1.165, 1.54) is 0 Å². The molecule has 0 radical (unpaired) electrons. The Morgan fingerprint density at radius 2 is 2.20 bits per heavy atom. The maximum atomic E-state index is 12.3. The normalized spacial score (nSPS) is 10.3. The van der Waals surface area contributed by atoms with Crippen LogP contribution in [0.3, 0.4) is 0 Å². The van der Waals surface area contributed by atoms with Gasteiger partial charge >= 0.3 is 0 Å². The second-order valence-electron chi connectivity index (χ2n) is 4.41. The van der Waals surface area contributed by atoms with Gasteiger partial charge in [-0.05, 0) is 24.6 Å². The molecule has 0 atom stereocenters. The third-order valence-corrected chi connectivity index (χ3v) is 3.09. The first-order valence-corrected chi connectivity index (χ1v) is 6.82. The van der Waals surface area contributed by atoms with Gasteiger partial charge in [-0.2, -0.15) is 5.10 Å². The van der Waals surface area contributed by atoms with Crippen molar-refractivity contribution in [1.29, 1.82) is 0 Å². The molecule has 20 heavy (non-hydrogen) atoms. The molecule has 2 rings (SSSR count). The van der Waals surface area contributed by atoms with Crippen LogP contribution in [0.25, 0.3) is 0 Å². The van der Waals surface area contributed by atoms with Gasteiger partial charge in [0, 0.05) is 30.4 Å². The minimum Gasteiger partial charge on any atom is -0.384 e. The molecule has 1 heterocycles. The number of carbonyl (C=O) groups excluding carboxylic acids is 1. The van der Waals surface area contributed by atoms with E-state index in [2.05, 4.69) is 22.7 Å². The lowest BCUT2D eigenvalue weighted by atomic mass is 10.1. The largest absolute Gasteiger partial charge is 0.384 e. The topological polar surface area (TPSA) is 59.0 Å². The molecule has 2 aromatic rings. The van der Waals surface area contributed by atoms with Gasteiger partial charge in [0.25, 0.3) is 5.91 Å². The minimum absolute atomic E-state index is 0.213. The van der Waals surface area contributed by atoms with E-state index in [0.717, 1.165) is 18.7 Å². The van der Waals surface area contributed by atoms with Crippen LogP contribution in [0.5, 0.6) is 0 Å². The Hall–Kier alpha value is -2.01. The summed E-state index contributed by atoms with van der Waals surface area (Å²) in [7, 11) is 1.77. The van der Waals surface area contributed by atoms with Crippen molar-refractivity contribution >= 4 is 29.0 Å². The van der Waals surface area contributed by atoms with Crippen molar-refractivity contribution < 1.29 is 4.79 Å². The molecule has 1 amide bonds. The predicted octanol–water partition coefficient (Wildman–Crippen LogP) is 3.15. The van der Waals surface area contributed by atoms with Crippen LogP contribution < -0.4 is 10.6 Å². The summed E-state index contributed by atoms with van der Waals surface area (Å²) in [6, 6.07) is 6.98. The molecule has 0 aliphatic carbocycles. The van der Waals surface area contributed by atoms with Crippen molar-refractivity contribution in [1.82, 2.24) is 9.78 Å². The lowest BCUT2D eigenvalue weighted by Crippen LogP contribution is -2.17. The number of hydrogen-bond acceptors (Lipinski definition) is 3. The number of rotatable bonds is 5. The smallest absolute Gasteiger partial charge is 0.258 e. The second kappa shape index (κ2) is 6.43. The number of carbonyl (C=O) groups is 1. The number of halogens is 1. The Kier molecular flexibility index (Phi) is 4.63. The first-order chi connectivity index (χ1) is 9.61. The molecule has 0 saturated carbocycles. The number of nitrogens with one attached hydrogen (secondary N) is 2. The van der Waals surface area contributed by atoms with Gasteiger partial charge in [0.2, 0.25) is 0 Å². The van der Waals surface area contributed by atoms with Gasteiger partial charge in [-0.15, -0.1) is 0 Å². The zero-order valence-corrected chi connectivity index (χ0v) is 12.2. The Labute approximate surface area is 122 Å². The molecule has 0 aliphatic rings. The highest BCUT2D eigenvalue weighted by molar-refractivity contribution is 6.31. The molecule has 0 aliphatic heterocycles.